The lowest BCUT2D eigenvalue weighted by Crippen LogP contribution is -2.34. The standard InChI is InChI=1S/C13H14N4O3/c18-13(19)16-5-3-10-9(6-16)12-11-8(7-20-15-11)2-1-4-17(12)14-10/h7H,1-6H2,(H,18,19). The van der Waals surface area contributed by atoms with Crippen molar-refractivity contribution in [2.24, 2.45) is 0 Å². The van der Waals surface area contributed by atoms with Crippen molar-refractivity contribution in [2.45, 2.75) is 32.4 Å². The zero-order chi connectivity index (χ0) is 13.7. The van der Waals surface area contributed by atoms with E-state index in [1.165, 1.54) is 4.90 Å². The van der Waals surface area contributed by atoms with E-state index in [-0.39, 0.29) is 0 Å². The largest absolute Gasteiger partial charge is 0.465 e. The van der Waals surface area contributed by atoms with Crippen molar-refractivity contribution in [1.29, 1.82) is 0 Å². The number of hydrogen-bond acceptors (Lipinski definition) is 4. The molecule has 0 unspecified atom stereocenters. The summed E-state index contributed by atoms with van der Waals surface area (Å²) in [6, 6.07) is 0. The van der Waals surface area contributed by atoms with Gasteiger partial charge in [-0.05, 0) is 12.8 Å². The van der Waals surface area contributed by atoms with Crippen LogP contribution < -0.4 is 0 Å². The van der Waals surface area contributed by atoms with Gasteiger partial charge in [0.15, 0.2) is 0 Å². The van der Waals surface area contributed by atoms with Crippen LogP contribution in [-0.4, -0.2) is 37.6 Å². The SMILES string of the molecule is O=C(O)N1CCc2nn3c(c2C1)-c1nocc1CCC3. The Bertz CT molecular complexity index is 688. The second-order valence-electron chi connectivity index (χ2n) is 5.24. The van der Waals surface area contributed by atoms with Crippen LogP contribution in [0.25, 0.3) is 11.4 Å². The number of fused-ring (bicyclic) bond motifs is 5. The lowest BCUT2D eigenvalue weighted by molar-refractivity contribution is 0.140. The first kappa shape index (κ1) is 11.5. The predicted octanol–water partition coefficient (Wildman–Crippen LogP) is 1.52. The Morgan fingerprint density at radius 1 is 1.35 bits per heavy atom. The lowest BCUT2D eigenvalue weighted by atomic mass is 10.0. The van der Waals surface area contributed by atoms with Crippen molar-refractivity contribution in [3.05, 3.63) is 23.1 Å². The minimum Gasteiger partial charge on any atom is -0.465 e. The minimum atomic E-state index is -0.885. The zero-order valence-corrected chi connectivity index (χ0v) is 10.9. The third-order valence-electron chi connectivity index (χ3n) is 4.06. The number of amides is 1. The van der Waals surface area contributed by atoms with Gasteiger partial charge in [0, 0.05) is 30.6 Å². The number of nitrogens with zero attached hydrogens (tertiary/aromatic N) is 4. The molecule has 0 bridgehead atoms. The smallest absolute Gasteiger partial charge is 0.407 e. The van der Waals surface area contributed by atoms with E-state index in [2.05, 4.69) is 10.3 Å². The van der Waals surface area contributed by atoms with Gasteiger partial charge < -0.3 is 14.5 Å². The first-order valence-electron chi connectivity index (χ1n) is 6.74. The topological polar surface area (TPSA) is 84.4 Å². The number of carbonyl (C=O) groups is 1. The molecule has 2 aliphatic heterocycles. The fraction of sp³-hybridized carbons (Fsp3) is 0.462. The molecule has 0 aliphatic carbocycles. The quantitative estimate of drug-likeness (QED) is 0.787. The molecule has 20 heavy (non-hydrogen) atoms. The predicted molar refractivity (Wildman–Crippen MR) is 68.2 cm³/mol. The molecule has 2 aromatic heterocycles. The summed E-state index contributed by atoms with van der Waals surface area (Å²) in [5.74, 6) is 0. The van der Waals surface area contributed by atoms with Gasteiger partial charge in [-0.25, -0.2) is 4.79 Å². The van der Waals surface area contributed by atoms with Crippen LogP contribution in [-0.2, 0) is 25.9 Å². The molecule has 0 atom stereocenters. The molecule has 104 valence electrons. The van der Waals surface area contributed by atoms with Crippen LogP contribution >= 0.6 is 0 Å². The van der Waals surface area contributed by atoms with E-state index >= 15 is 0 Å². The third-order valence-corrected chi connectivity index (χ3v) is 4.06. The van der Waals surface area contributed by atoms with Crippen LogP contribution in [0.1, 0.15) is 23.2 Å². The van der Waals surface area contributed by atoms with Crippen LogP contribution in [0.4, 0.5) is 4.79 Å². The molecule has 0 saturated carbocycles. The molecule has 0 fully saturated rings. The Kier molecular flexibility index (Phi) is 2.35. The van der Waals surface area contributed by atoms with E-state index in [0.29, 0.717) is 19.5 Å². The molecule has 0 aromatic carbocycles. The van der Waals surface area contributed by atoms with Gasteiger partial charge in [0.05, 0.1) is 17.9 Å². The normalized spacial score (nSPS) is 17.1. The summed E-state index contributed by atoms with van der Waals surface area (Å²) in [5.41, 5.74) is 4.82. The second-order valence-corrected chi connectivity index (χ2v) is 5.24. The number of rotatable bonds is 0. The van der Waals surface area contributed by atoms with Crippen LogP contribution in [0.5, 0.6) is 0 Å². The highest BCUT2D eigenvalue weighted by molar-refractivity contribution is 5.69. The number of aromatic nitrogens is 3. The van der Waals surface area contributed by atoms with Crippen molar-refractivity contribution in [1.82, 2.24) is 19.8 Å². The number of hydrogen-bond donors (Lipinski definition) is 1. The fourth-order valence-electron chi connectivity index (χ4n) is 3.07. The maximum atomic E-state index is 11.2. The van der Waals surface area contributed by atoms with E-state index in [9.17, 15) is 9.90 Å². The molecule has 2 aromatic rings. The van der Waals surface area contributed by atoms with Gasteiger partial charge in [0.1, 0.15) is 12.0 Å². The van der Waals surface area contributed by atoms with E-state index < -0.39 is 6.09 Å². The van der Waals surface area contributed by atoms with Crippen LogP contribution in [0.3, 0.4) is 0 Å². The zero-order valence-electron chi connectivity index (χ0n) is 10.9. The molecular weight excluding hydrogens is 260 g/mol. The van der Waals surface area contributed by atoms with Crippen molar-refractivity contribution >= 4 is 6.09 Å². The second kappa shape index (κ2) is 4.09. The van der Waals surface area contributed by atoms with Crippen molar-refractivity contribution in [3.8, 4) is 11.4 Å². The third kappa shape index (κ3) is 1.55. The summed E-state index contributed by atoms with van der Waals surface area (Å²) in [6.45, 7) is 1.72. The summed E-state index contributed by atoms with van der Waals surface area (Å²) in [5, 5.41) is 17.9. The van der Waals surface area contributed by atoms with E-state index in [4.69, 9.17) is 4.52 Å². The molecule has 7 heteroatoms. The molecule has 7 nitrogen and oxygen atoms in total. The first-order chi connectivity index (χ1) is 9.74. The Labute approximate surface area is 114 Å². The maximum Gasteiger partial charge on any atom is 0.407 e. The molecule has 1 N–H and O–H groups in total. The summed E-state index contributed by atoms with van der Waals surface area (Å²) in [4.78, 5) is 12.6. The van der Waals surface area contributed by atoms with Gasteiger partial charge in [0.25, 0.3) is 0 Å². The first-order valence-corrected chi connectivity index (χ1v) is 6.74. The summed E-state index contributed by atoms with van der Waals surface area (Å²) < 4.78 is 7.06. The monoisotopic (exact) mass is 274 g/mol. The van der Waals surface area contributed by atoms with Gasteiger partial charge in [-0.3, -0.25) is 4.68 Å². The molecule has 2 aliphatic rings. The van der Waals surface area contributed by atoms with Gasteiger partial charge in [-0.1, -0.05) is 5.16 Å². The molecule has 0 spiro atoms. The summed E-state index contributed by atoms with van der Waals surface area (Å²) in [6.07, 6.45) is 3.37. The maximum absolute atomic E-state index is 11.2. The fourth-order valence-corrected chi connectivity index (χ4v) is 3.07. The number of carboxylic acid groups (broad SMARTS) is 1. The highest BCUT2D eigenvalue weighted by atomic mass is 16.5. The summed E-state index contributed by atoms with van der Waals surface area (Å²) in [7, 11) is 0. The van der Waals surface area contributed by atoms with E-state index in [1.54, 1.807) is 6.26 Å². The van der Waals surface area contributed by atoms with E-state index in [0.717, 1.165) is 47.6 Å². The lowest BCUT2D eigenvalue weighted by Gasteiger charge is -2.23. The Morgan fingerprint density at radius 3 is 3.10 bits per heavy atom. The Morgan fingerprint density at radius 2 is 2.25 bits per heavy atom. The van der Waals surface area contributed by atoms with Gasteiger partial charge in [-0.2, -0.15) is 5.10 Å². The Hall–Kier alpha value is -2.31. The highest BCUT2D eigenvalue weighted by Gasteiger charge is 2.30. The molecule has 0 radical (unpaired) electrons. The Balaban J connectivity index is 1.87. The van der Waals surface area contributed by atoms with Gasteiger partial charge in [0.2, 0.25) is 0 Å². The minimum absolute atomic E-state index is 0.381. The average molecular weight is 274 g/mol. The van der Waals surface area contributed by atoms with Crippen molar-refractivity contribution < 1.29 is 14.4 Å². The van der Waals surface area contributed by atoms with Gasteiger partial charge >= 0.3 is 6.09 Å². The number of aryl methyl sites for hydroxylation is 2. The highest BCUT2D eigenvalue weighted by Crippen LogP contribution is 2.34. The molecule has 4 heterocycles. The van der Waals surface area contributed by atoms with E-state index in [1.807, 2.05) is 4.68 Å². The molecular formula is C13H14N4O3. The molecule has 1 amide bonds. The van der Waals surface area contributed by atoms with Gasteiger partial charge in [-0.15, -0.1) is 0 Å². The van der Waals surface area contributed by atoms with Crippen LogP contribution in [0.15, 0.2) is 10.8 Å². The summed E-state index contributed by atoms with van der Waals surface area (Å²) >= 11 is 0. The van der Waals surface area contributed by atoms with Crippen molar-refractivity contribution in [2.75, 3.05) is 6.54 Å². The van der Waals surface area contributed by atoms with Crippen LogP contribution in [0, 0.1) is 0 Å². The average Bonchev–Trinajstić information content (AvgIpc) is 2.98. The van der Waals surface area contributed by atoms with Crippen LogP contribution in [0.2, 0.25) is 0 Å². The molecule has 4 rings (SSSR count). The van der Waals surface area contributed by atoms with Crippen molar-refractivity contribution in [3.63, 3.8) is 0 Å². The molecule has 0 saturated heterocycles.